The number of aromatic carboxylic acids is 1. The van der Waals surface area contributed by atoms with Crippen LogP contribution in [0.2, 0.25) is 0 Å². The largest absolute Gasteiger partial charge is 0.491 e. The standard InChI is InChI=1S/C26H27NO4/c28-24(17-31-25-4-2-1-3-5-25)16-27-15-18-12-21-10-11-22(14-23(21)13-18)19-6-8-20(9-7-19)26(29)30/h1-11,14,18,24,27-28H,12-13,15-17H2,(H,29,30)/t18?,24-/m0/s1. The van der Waals surface area contributed by atoms with Crippen LogP contribution in [0.15, 0.2) is 72.8 Å². The maximum atomic E-state index is 11.0. The van der Waals surface area contributed by atoms with E-state index in [2.05, 4.69) is 23.5 Å². The summed E-state index contributed by atoms with van der Waals surface area (Å²) < 4.78 is 5.59. The molecule has 3 N–H and O–H groups in total. The molecule has 5 nitrogen and oxygen atoms in total. The zero-order valence-electron chi connectivity index (χ0n) is 17.3. The van der Waals surface area contributed by atoms with Gasteiger partial charge in [0.25, 0.3) is 0 Å². The molecule has 0 saturated heterocycles. The molecule has 3 aromatic carbocycles. The molecule has 5 heteroatoms. The number of nitrogens with one attached hydrogen (secondary N) is 1. The normalized spacial score (nSPS) is 16.0. The van der Waals surface area contributed by atoms with Gasteiger partial charge in [0.05, 0.1) is 5.56 Å². The quantitative estimate of drug-likeness (QED) is 0.494. The topological polar surface area (TPSA) is 78.8 Å². The van der Waals surface area contributed by atoms with Gasteiger partial charge in [-0.25, -0.2) is 4.79 Å². The molecule has 0 bridgehead atoms. The van der Waals surface area contributed by atoms with Gasteiger partial charge in [-0.3, -0.25) is 0 Å². The highest BCUT2D eigenvalue weighted by atomic mass is 16.5. The molecule has 0 fully saturated rings. The highest BCUT2D eigenvalue weighted by molar-refractivity contribution is 5.88. The van der Waals surface area contributed by atoms with Crippen LogP contribution in [0, 0.1) is 5.92 Å². The zero-order valence-corrected chi connectivity index (χ0v) is 17.3. The van der Waals surface area contributed by atoms with Crippen molar-refractivity contribution in [3.63, 3.8) is 0 Å². The minimum absolute atomic E-state index is 0.270. The molecule has 1 aliphatic rings. The van der Waals surface area contributed by atoms with Crippen LogP contribution in [-0.4, -0.2) is 42.0 Å². The fraction of sp³-hybridized carbons (Fsp3) is 0.269. The lowest BCUT2D eigenvalue weighted by molar-refractivity contribution is 0.0697. The van der Waals surface area contributed by atoms with Crippen LogP contribution in [0.4, 0.5) is 0 Å². The fourth-order valence-electron chi connectivity index (χ4n) is 4.06. The number of carbonyl (C=O) groups is 1. The Bertz CT molecular complexity index is 1020. The lowest BCUT2D eigenvalue weighted by Crippen LogP contribution is -2.34. The Balaban J connectivity index is 1.25. The number of para-hydroxylation sites is 1. The predicted molar refractivity (Wildman–Crippen MR) is 121 cm³/mol. The number of hydrogen-bond donors (Lipinski definition) is 3. The number of carboxylic acid groups (broad SMARTS) is 1. The van der Waals surface area contributed by atoms with Gasteiger partial charge >= 0.3 is 5.97 Å². The average Bonchev–Trinajstić information content (AvgIpc) is 3.20. The third-order valence-electron chi connectivity index (χ3n) is 5.69. The number of carboxylic acids is 1. The first-order valence-electron chi connectivity index (χ1n) is 10.6. The van der Waals surface area contributed by atoms with Crippen molar-refractivity contribution in [3.05, 3.63) is 89.5 Å². The summed E-state index contributed by atoms with van der Waals surface area (Å²) in [6.45, 7) is 1.62. The van der Waals surface area contributed by atoms with Crippen molar-refractivity contribution in [1.82, 2.24) is 5.32 Å². The molecule has 4 rings (SSSR count). The molecule has 0 amide bonds. The number of aliphatic hydroxyl groups excluding tert-OH is 1. The Kier molecular flexibility index (Phi) is 6.65. The van der Waals surface area contributed by atoms with Crippen molar-refractivity contribution < 1.29 is 19.7 Å². The lowest BCUT2D eigenvalue weighted by atomic mass is 9.99. The van der Waals surface area contributed by atoms with Crippen LogP contribution in [0.1, 0.15) is 21.5 Å². The summed E-state index contributed by atoms with van der Waals surface area (Å²) in [4.78, 5) is 11.0. The molecule has 1 aliphatic carbocycles. The smallest absolute Gasteiger partial charge is 0.335 e. The van der Waals surface area contributed by atoms with Gasteiger partial charge in [-0.05, 0) is 71.8 Å². The number of aliphatic hydroxyl groups is 1. The molecule has 0 radical (unpaired) electrons. The number of hydrogen-bond acceptors (Lipinski definition) is 4. The minimum atomic E-state index is -0.910. The van der Waals surface area contributed by atoms with Crippen LogP contribution in [-0.2, 0) is 12.8 Å². The van der Waals surface area contributed by atoms with Gasteiger partial charge in [0, 0.05) is 6.54 Å². The predicted octanol–water partition coefficient (Wildman–Crippen LogP) is 3.80. The summed E-state index contributed by atoms with van der Waals surface area (Å²) in [5.41, 5.74) is 5.14. The van der Waals surface area contributed by atoms with Gasteiger partial charge in [0.2, 0.25) is 0 Å². The van der Waals surface area contributed by atoms with E-state index in [4.69, 9.17) is 9.84 Å². The van der Waals surface area contributed by atoms with E-state index in [1.165, 1.54) is 11.1 Å². The molecule has 160 valence electrons. The van der Waals surface area contributed by atoms with E-state index < -0.39 is 12.1 Å². The van der Waals surface area contributed by atoms with E-state index >= 15 is 0 Å². The van der Waals surface area contributed by atoms with Crippen LogP contribution in [0.5, 0.6) is 5.75 Å². The van der Waals surface area contributed by atoms with Crippen LogP contribution < -0.4 is 10.1 Å². The van der Waals surface area contributed by atoms with Crippen molar-refractivity contribution in [3.8, 4) is 16.9 Å². The second-order valence-electron chi connectivity index (χ2n) is 8.08. The summed E-state index contributed by atoms with van der Waals surface area (Å²) in [5, 5.41) is 22.6. The Hall–Kier alpha value is -3.15. The van der Waals surface area contributed by atoms with Gasteiger partial charge in [-0.15, -0.1) is 0 Å². The molecular formula is C26H27NO4. The van der Waals surface area contributed by atoms with E-state index in [1.807, 2.05) is 42.5 Å². The monoisotopic (exact) mass is 417 g/mol. The maximum absolute atomic E-state index is 11.0. The zero-order chi connectivity index (χ0) is 21.6. The van der Waals surface area contributed by atoms with Crippen molar-refractivity contribution in [1.29, 1.82) is 0 Å². The summed E-state index contributed by atoms with van der Waals surface area (Å²) in [6, 6.07) is 23.0. The van der Waals surface area contributed by atoms with Gasteiger partial charge in [0.1, 0.15) is 18.5 Å². The van der Waals surface area contributed by atoms with Gasteiger partial charge < -0.3 is 20.3 Å². The number of fused-ring (bicyclic) bond motifs is 1. The Morgan fingerprint density at radius 2 is 1.68 bits per heavy atom. The maximum Gasteiger partial charge on any atom is 0.335 e. The van der Waals surface area contributed by atoms with Crippen LogP contribution >= 0.6 is 0 Å². The first-order chi connectivity index (χ1) is 15.1. The van der Waals surface area contributed by atoms with Crippen molar-refractivity contribution in [2.45, 2.75) is 18.9 Å². The van der Waals surface area contributed by atoms with Gasteiger partial charge in [-0.2, -0.15) is 0 Å². The van der Waals surface area contributed by atoms with Crippen molar-refractivity contribution in [2.24, 2.45) is 5.92 Å². The second kappa shape index (κ2) is 9.77. The van der Waals surface area contributed by atoms with E-state index in [0.717, 1.165) is 36.3 Å². The summed E-state index contributed by atoms with van der Waals surface area (Å²) >= 11 is 0. The Labute approximate surface area is 182 Å². The highest BCUT2D eigenvalue weighted by Crippen LogP contribution is 2.31. The summed E-state index contributed by atoms with van der Waals surface area (Å²) in [6.07, 6.45) is 1.47. The van der Waals surface area contributed by atoms with Crippen LogP contribution in [0.3, 0.4) is 0 Å². The number of ether oxygens (including phenoxy) is 1. The summed E-state index contributed by atoms with van der Waals surface area (Å²) in [7, 11) is 0. The minimum Gasteiger partial charge on any atom is -0.491 e. The van der Waals surface area contributed by atoms with E-state index in [-0.39, 0.29) is 6.61 Å². The number of rotatable bonds is 9. The van der Waals surface area contributed by atoms with E-state index in [0.29, 0.717) is 18.0 Å². The first-order valence-corrected chi connectivity index (χ1v) is 10.6. The molecule has 0 heterocycles. The van der Waals surface area contributed by atoms with Crippen molar-refractivity contribution >= 4 is 5.97 Å². The Morgan fingerprint density at radius 3 is 2.42 bits per heavy atom. The van der Waals surface area contributed by atoms with Crippen molar-refractivity contribution in [2.75, 3.05) is 19.7 Å². The molecule has 0 spiro atoms. The molecule has 3 aromatic rings. The Morgan fingerprint density at radius 1 is 0.968 bits per heavy atom. The van der Waals surface area contributed by atoms with E-state index in [1.54, 1.807) is 12.1 Å². The molecule has 0 aromatic heterocycles. The first kappa shape index (κ1) is 21.1. The number of benzene rings is 3. The molecule has 1 unspecified atom stereocenters. The van der Waals surface area contributed by atoms with Gasteiger partial charge in [0.15, 0.2) is 0 Å². The molecule has 0 aliphatic heterocycles. The summed E-state index contributed by atoms with van der Waals surface area (Å²) in [5.74, 6) is 0.357. The second-order valence-corrected chi connectivity index (χ2v) is 8.08. The van der Waals surface area contributed by atoms with E-state index in [9.17, 15) is 9.90 Å². The third kappa shape index (κ3) is 5.51. The SMILES string of the molecule is O=C(O)c1ccc(-c2ccc3c(c2)CC(CNC[C@H](O)COc2ccccc2)C3)cc1. The lowest BCUT2D eigenvalue weighted by Gasteiger charge is -2.15. The average molecular weight is 418 g/mol. The molecule has 0 saturated carbocycles. The fourth-order valence-corrected chi connectivity index (χ4v) is 4.06. The van der Waals surface area contributed by atoms with Crippen LogP contribution in [0.25, 0.3) is 11.1 Å². The highest BCUT2D eigenvalue weighted by Gasteiger charge is 2.22. The molecule has 31 heavy (non-hydrogen) atoms. The molecular weight excluding hydrogens is 390 g/mol. The van der Waals surface area contributed by atoms with Gasteiger partial charge in [-0.1, -0.05) is 48.5 Å². The third-order valence-corrected chi connectivity index (χ3v) is 5.69. The molecule has 2 atom stereocenters.